The van der Waals surface area contributed by atoms with E-state index in [0.717, 1.165) is 0 Å². The molecule has 0 aromatic rings. The highest BCUT2D eigenvalue weighted by Crippen LogP contribution is 2.19. The number of aliphatic hydroxyl groups is 5. The lowest BCUT2D eigenvalue weighted by molar-refractivity contribution is -0.366. The molecule has 0 aromatic heterocycles. The molecule has 0 atom stereocenters. The van der Waals surface area contributed by atoms with Gasteiger partial charge in [-0.3, -0.25) is 0 Å². The molecule has 0 heterocycles. The van der Waals surface area contributed by atoms with Gasteiger partial charge in [0.15, 0.2) is 0 Å². The smallest absolute Gasteiger partial charge is 0.242 e. The number of rotatable bonds is 3. The Morgan fingerprint density at radius 3 is 1.50 bits per heavy atom. The summed E-state index contributed by atoms with van der Waals surface area (Å²) in [5.74, 6) is -5.50. The molecular weight excluding hydrogens is 140 g/mol. The van der Waals surface area contributed by atoms with Crippen LogP contribution in [0.3, 0.4) is 0 Å². The molecule has 0 rings (SSSR count). The van der Waals surface area contributed by atoms with Crippen molar-refractivity contribution in [2.45, 2.75) is 24.9 Å². The van der Waals surface area contributed by atoms with Crippen LogP contribution in [0.2, 0.25) is 0 Å². The second-order valence-corrected chi connectivity index (χ2v) is 2.14. The number of hydrogen-bond acceptors (Lipinski definition) is 5. The molecule has 5 nitrogen and oxygen atoms in total. The van der Waals surface area contributed by atoms with Crippen LogP contribution in [0.15, 0.2) is 0 Å². The van der Waals surface area contributed by atoms with Crippen molar-refractivity contribution in [2.75, 3.05) is 6.61 Å². The fourth-order valence-corrected chi connectivity index (χ4v) is 0.410. The van der Waals surface area contributed by atoms with Crippen molar-refractivity contribution < 1.29 is 25.5 Å². The van der Waals surface area contributed by atoms with Gasteiger partial charge in [0.05, 0.1) is 0 Å². The van der Waals surface area contributed by atoms with Gasteiger partial charge in [-0.15, -0.1) is 0 Å². The van der Waals surface area contributed by atoms with Crippen LogP contribution in [0.4, 0.5) is 0 Å². The van der Waals surface area contributed by atoms with Gasteiger partial charge in [-0.2, -0.15) is 0 Å². The maximum atomic E-state index is 8.75. The highest BCUT2D eigenvalue weighted by atomic mass is 16.6. The molecule has 0 amide bonds. The van der Waals surface area contributed by atoms with E-state index in [-0.39, 0.29) is 6.42 Å². The highest BCUT2D eigenvalue weighted by Gasteiger charge is 2.45. The molecule has 0 aliphatic heterocycles. The molecule has 0 spiro atoms. The highest BCUT2D eigenvalue weighted by molar-refractivity contribution is 4.79. The van der Waals surface area contributed by atoms with Crippen LogP contribution in [0.25, 0.3) is 0 Å². The maximum Gasteiger partial charge on any atom is 0.242 e. The predicted molar refractivity (Wildman–Crippen MR) is 31.7 cm³/mol. The van der Waals surface area contributed by atoms with Gasteiger partial charge >= 0.3 is 0 Å². The van der Waals surface area contributed by atoms with Gasteiger partial charge in [0.1, 0.15) is 6.61 Å². The summed E-state index contributed by atoms with van der Waals surface area (Å²) in [7, 11) is 0. The summed E-state index contributed by atoms with van der Waals surface area (Å²) in [5, 5.41) is 43.0. The minimum atomic E-state index is -2.85. The zero-order valence-electron chi connectivity index (χ0n) is 5.65. The lowest BCUT2D eigenvalue weighted by Crippen LogP contribution is -2.56. The third-order valence-electron chi connectivity index (χ3n) is 1.35. The molecular formula is C5H12O5. The summed E-state index contributed by atoms with van der Waals surface area (Å²) in [6, 6.07) is 0. The van der Waals surface area contributed by atoms with Crippen molar-refractivity contribution in [1.29, 1.82) is 0 Å². The Bertz CT molecular complexity index is 94.6. The average Bonchev–Trinajstić information content (AvgIpc) is 1.88. The molecule has 5 N–H and O–H groups in total. The summed E-state index contributed by atoms with van der Waals surface area (Å²) >= 11 is 0. The first-order chi connectivity index (χ1) is 4.37. The van der Waals surface area contributed by atoms with E-state index in [9.17, 15) is 0 Å². The molecule has 0 aromatic carbocycles. The van der Waals surface area contributed by atoms with Crippen molar-refractivity contribution >= 4 is 0 Å². The summed E-state index contributed by atoms with van der Waals surface area (Å²) in [5.41, 5.74) is 0. The summed E-state index contributed by atoms with van der Waals surface area (Å²) in [6.45, 7) is 0.227. The van der Waals surface area contributed by atoms with Crippen molar-refractivity contribution in [3.05, 3.63) is 0 Å². The summed E-state index contributed by atoms with van der Waals surface area (Å²) < 4.78 is 0. The molecule has 5 heteroatoms. The van der Waals surface area contributed by atoms with Crippen molar-refractivity contribution in [2.24, 2.45) is 0 Å². The van der Waals surface area contributed by atoms with E-state index in [2.05, 4.69) is 0 Å². The first-order valence-corrected chi connectivity index (χ1v) is 2.87. The monoisotopic (exact) mass is 152 g/mol. The van der Waals surface area contributed by atoms with Gasteiger partial charge < -0.3 is 25.5 Å². The standard InChI is InChI=1S/C5H12O5/c1-2-4(7,8)5(9,10)3-6/h6-10H,2-3H2,1H3. The minimum Gasteiger partial charge on any atom is -0.391 e. The predicted octanol–water partition coefficient (Wildman–Crippen LogP) is -2.25. The third kappa shape index (κ3) is 1.65. The molecule has 0 saturated heterocycles. The normalized spacial score (nSPS) is 13.8. The van der Waals surface area contributed by atoms with E-state index in [1.165, 1.54) is 6.92 Å². The molecule has 0 unspecified atom stereocenters. The third-order valence-corrected chi connectivity index (χ3v) is 1.35. The van der Waals surface area contributed by atoms with Gasteiger partial charge in [0, 0.05) is 6.42 Å². The molecule has 0 fully saturated rings. The van der Waals surface area contributed by atoms with Gasteiger partial charge in [0.25, 0.3) is 0 Å². The van der Waals surface area contributed by atoms with E-state index < -0.39 is 18.2 Å². The van der Waals surface area contributed by atoms with E-state index in [4.69, 9.17) is 25.5 Å². The Morgan fingerprint density at radius 1 is 1.00 bits per heavy atom. The topological polar surface area (TPSA) is 101 Å². The lowest BCUT2D eigenvalue weighted by atomic mass is 10.1. The summed E-state index contributed by atoms with van der Waals surface area (Å²) in [6.07, 6.45) is -0.277. The second-order valence-electron chi connectivity index (χ2n) is 2.14. The van der Waals surface area contributed by atoms with Crippen LogP contribution in [0, 0.1) is 0 Å². The molecule has 0 aliphatic carbocycles. The Labute approximate surface area is 58.2 Å². The fraction of sp³-hybridized carbons (Fsp3) is 1.00. The van der Waals surface area contributed by atoms with E-state index >= 15 is 0 Å². The molecule has 0 bridgehead atoms. The van der Waals surface area contributed by atoms with E-state index in [1.807, 2.05) is 0 Å². The molecule has 10 heavy (non-hydrogen) atoms. The number of aliphatic hydroxyl groups excluding tert-OH is 1. The quantitative estimate of drug-likeness (QED) is 0.294. The van der Waals surface area contributed by atoms with Crippen molar-refractivity contribution in [3.63, 3.8) is 0 Å². The lowest BCUT2D eigenvalue weighted by Gasteiger charge is -2.32. The van der Waals surface area contributed by atoms with Crippen LogP contribution in [0.5, 0.6) is 0 Å². The average molecular weight is 152 g/mol. The molecule has 62 valence electrons. The Balaban J connectivity index is 4.28. The number of hydrogen-bond donors (Lipinski definition) is 5. The van der Waals surface area contributed by atoms with Crippen molar-refractivity contribution in [1.82, 2.24) is 0 Å². The van der Waals surface area contributed by atoms with Crippen molar-refractivity contribution in [3.8, 4) is 0 Å². The van der Waals surface area contributed by atoms with Crippen LogP contribution in [0.1, 0.15) is 13.3 Å². The second kappa shape index (κ2) is 2.81. The van der Waals surface area contributed by atoms with Gasteiger partial charge in [-0.05, 0) is 0 Å². The SMILES string of the molecule is CCC(O)(O)C(O)(O)CO. The van der Waals surface area contributed by atoms with Gasteiger partial charge in [-0.25, -0.2) is 0 Å². The maximum absolute atomic E-state index is 8.75. The van der Waals surface area contributed by atoms with Crippen LogP contribution < -0.4 is 0 Å². The largest absolute Gasteiger partial charge is 0.391 e. The Hall–Kier alpha value is -0.200. The zero-order chi connectivity index (χ0) is 8.41. The zero-order valence-corrected chi connectivity index (χ0v) is 5.65. The fourth-order valence-electron chi connectivity index (χ4n) is 0.410. The minimum absolute atomic E-state index is 0.277. The van der Waals surface area contributed by atoms with Crippen LogP contribution >= 0.6 is 0 Å². The van der Waals surface area contributed by atoms with Crippen LogP contribution in [-0.4, -0.2) is 43.7 Å². The Kier molecular flexibility index (Phi) is 2.76. The van der Waals surface area contributed by atoms with E-state index in [0.29, 0.717) is 0 Å². The first kappa shape index (κ1) is 9.80. The summed E-state index contributed by atoms with van der Waals surface area (Å²) in [4.78, 5) is 0. The van der Waals surface area contributed by atoms with Gasteiger partial charge in [-0.1, -0.05) is 6.92 Å². The first-order valence-electron chi connectivity index (χ1n) is 2.87. The van der Waals surface area contributed by atoms with Crippen LogP contribution in [-0.2, 0) is 0 Å². The molecule has 0 saturated carbocycles. The molecule has 0 radical (unpaired) electrons. The molecule has 0 aliphatic rings. The van der Waals surface area contributed by atoms with Gasteiger partial charge in [0.2, 0.25) is 11.6 Å². The Morgan fingerprint density at radius 2 is 1.40 bits per heavy atom. The van der Waals surface area contributed by atoms with E-state index in [1.54, 1.807) is 0 Å².